The van der Waals surface area contributed by atoms with Gasteiger partial charge in [0.1, 0.15) is 48.8 Å². The number of carbonyl (C=O) groups excluding carboxylic acids is 1. The lowest BCUT2D eigenvalue weighted by Gasteiger charge is -2.46. The van der Waals surface area contributed by atoms with E-state index in [1.54, 1.807) is 6.08 Å². The van der Waals surface area contributed by atoms with E-state index in [0.717, 1.165) is 32.1 Å². The van der Waals surface area contributed by atoms with Crippen LogP contribution in [0.2, 0.25) is 0 Å². The molecule has 2 aliphatic heterocycles. The number of aliphatic hydroxyl groups excluding tert-OH is 8. The smallest absolute Gasteiger partial charge is 0.220 e. The molecule has 0 radical (unpaired) electrons. The molecule has 2 fully saturated rings. The summed E-state index contributed by atoms with van der Waals surface area (Å²) in [5, 5.41) is 87.5. The SMILES string of the molecule is CCCCCCCCCC/C=C\CCCCCCCCCCCCCCCCCCCCCCCCCCCCCCCC(=O)NC(COC1OC(CO)C(OC2OC(CO)C(O)C(O)C2O)C(O)C1O)C(O)/C=C/CC/C=C/CCCCCCCCCCCCCC. The Morgan fingerprint density at radius 2 is 0.688 bits per heavy atom. The molecule has 2 heterocycles. The number of carbonyl (C=O) groups is 1. The second kappa shape index (κ2) is 63.6. The van der Waals surface area contributed by atoms with Crippen LogP contribution in [0.4, 0.5) is 0 Å². The lowest BCUT2D eigenvalue weighted by molar-refractivity contribution is -0.359. The highest BCUT2D eigenvalue weighted by molar-refractivity contribution is 5.76. The molecule has 0 aliphatic carbocycles. The van der Waals surface area contributed by atoms with Gasteiger partial charge >= 0.3 is 0 Å². The Balaban J connectivity index is 1.55. The molecule has 0 aromatic carbocycles. The maximum Gasteiger partial charge on any atom is 0.220 e. The van der Waals surface area contributed by atoms with E-state index in [-0.39, 0.29) is 18.9 Å². The topological polar surface area (TPSA) is 228 Å². The van der Waals surface area contributed by atoms with Crippen molar-refractivity contribution in [3.63, 3.8) is 0 Å². The van der Waals surface area contributed by atoms with E-state index in [4.69, 9.17) is 18.9 Å². The third-order valence-corrected chi connectivity index (χ3v) is 19.5. The fourth-order valence-electron chi connectivity index (χ4n) is 13.2. The van der Waals surface area contributed by atoms with Crippen LogP contribution in [0.1, 0.15) is 367 Å². The van der Waals surface area contributed by atoms with Crippen molar-refractivity contribution in [2.45, 2.75) is 441 Å². The van der Waals surface area contributed by atoms with E-state index in [0.29, 0.717) is 12.8 Å². The highest BCUT2D eigenvalue weighted by Gasteiger charge is 2.51. The number of rotatable bonds is 67. The summed E-state index contributed by atoms with van der Waals surface area (Å²) in [6.45, 7) is 2.83. The quantitative estimate of drug-likeness (QED) is 0.0204. The molecule has 2 rings (SSSR count). The summed E-state index contributed by atoms with van der Waals surface area (Å²) in [4.78, 5) is 13.3. The molecule has 12 atom stereocenters. The van der Waals surface area contributed by atoms with E-state index < -0.39 is 86.8 Å². The molecule has 548 valence electrons. The molecule has 0 aromatic rings. The Bertz CT molecular complexity index is 1700. The van der Waals surface area contributed by atoms with Gasteiger partial charge in [-0.2, -0.15) is 0 Å². The van der Waals surface area contributed by atoms with Gasteiger partial charge in [0.25, 0.3) is 0 Å². The van der Waals surface area contributed by atoms with Crippen molar-refractivity contribution >= 4 is 5.91 Å². The number of hydrogen-bond acceptors (Lipinski definition) is 13. The Morgan fingerprint density at radius 1 is 0.376 bits per heavy atom. The number of unbranched alkanes of at least 4 members (excludes halogenated alkanes) is 50. The summed E-state index contributed by atoms with van der Waals surface area (Å²) in [7, 11) is 0. The molecular formula is C79H149NO13. The first-order valence-corrected chi connectivity index (χ1v) is 39.7. The minimum Gasteiger partial charge on any atom is -0.394 e. The number of amides is 1. The number of hydrogen-bond donors (Lipinski definition) is 9. The van der Waals surface area contributed by atoms with Gasteiger partial charge in [0, 0.05) is 6.42 Å². The largest absolute Gasteiger partial charge is 0.394 e. The number of allylic oxidation sites excluding steroid dienone is 5. The lowest BCUT2D eigenvalue weighted by atomic mass is 9.97. The van der Waals surface area contributed by atoms with E-state index >= 15 is 0 Å². The van der Waals surface area contributed by atoms with Crippen LogP contribution in [-0.4, -0.2) is 140 Å². The summed E-state index contributed by atoms with van der Waals surface area (Å²) in [6.07, 6.45) is 66.8. The molecule has 14 heteroatoms. The second-order valence-electron chi connectivity index (χ2n) is 28.2. The van der Waals surface area contributed by atoms with Crippen molar-refractivity contribution in [1.82, 2.24) is 5.32 Å². The van der Waals surface area contributed by atoms with Crippen LogP contribution in [0.25, 0.3) is 0 Å². The predicted octanol–water partition coefficient (Wildman–Crippen LogP) is 17.6. The summed E-state index contributed by atoms with van der Waals surface area (Å²) in [5.74, 6) is -0.242. The van der Waals surface area contributed by atoms with Crippen molar-refractivity contribution < 1.29 is 64.6 Å². The lowest BCUT2D eigenvalue weighted by Crippen LogP contribution is -2.65. The standard InChI is InChI=1S/C79H149NO13/c1-3-5-7-9-11-13-15-17-19-21-23-24-25-26-27-28-29-30-31-32-33-34-35-36-37-38-39-40-41-42-43-44-45-47-49-51-53-55-57-59-61-63-71(84)80-67(68(83)62-60-58-56-54-52-50-48-46-22-20-18-16-14-12-10-8-6-4-2)66-90-78-76(89)74(87)77(70(65-82)92-78)93-79-75(88)73(86)72(85)69(64-81)91-79/h21,23,52,54,60,62,67-70,72-79,81-83,85-89H,3-20,22,24-51,53,55-59,61,63-66H2,1-2H3,(H,80,84)/b23-21-,54-52+,62-60+. The van der Waals surface area contributed by atoms with Crippen LogP contribution < -0.4 is 5.32 Å². The van der Waals surface area contributed by atoms with E-state index in [2.05, 4.69) is 43.5 Å². The Labute approximate surface area is 570 Å². The third kappa shape index (κ3) is 47.0. The van der Waals surface area contributed by atoms with Crippen molar-refractivity contribution in [1.29, 1.82) is 0 Å². The van der Waals surface area contributed by atoms with Crippen LogP contribution in [0, 0.1) is 0 Å². The van der Waals surface area contributed by atoms with Gasteiger partial charge in [-0.05, 0) is 57.8 Å². The molecule has 14 nitrogen and oxygen atoms in total. The third-order valence-electron chi connectivity index (χ3n) is 19.5. The molecule has 2 saturated heterocycles. The fraction of sp³-hybridized carbons (Fsp3) is 0.911. The second-order valence-corrected chi connectivity index (χ2v) is 28.2. The van der Waals surface area contributed by atoms with Gasteiger partial charge in [-0.3, -0.25) is 4.79 Å². The number of nitrogens with one attached hydrogen (secondary N) is 1. The summed E-state index contributed by atoms with van der Waals surface area (Å²) >= 11 is 0. The maximum absolute atomic E-state index is 13.3. The minimum atomic E-state index is -1.79. The van der Waals surface area contributed by atoms with Crippen LogP contribution >= 0.6 is 0 Å². The first kappa shape index (κ1) is 87.3. The van der Waals surface area contributed by atoms with Gasteiger partial charge in [0.2, 0.25) is 5.91 Å². The zero-order valence-corrected chi connectivity index (χ0v) is 60.0. The van der Waals surface area contributed by atoms with Gasteiger partial charge in [-0.25, -0.2) is 0 Å². The average molecular weight is 1320 g/mol. The fourth-order valence-corrected chi connectivity index (χ4v) is 13.2. The molecule has 9 N–H and O–H groups in total. The first-order valence-electron chi connectivity index (χ1n) is 39.7. The Hall–Kier alpha value is -1.79. The minimum absolute atomic E-state index is 0.242. The van der Waals surface area contributed by atoms with Crippen LogP contribution in [0.15, 0.2) is 36.5 Å². The molecule has 0 bridgehead atoms. The van der Waals surface area contributed by atoms with E-state index in [9.17, 15) is 45.6 Å². The normalized spacial score (nSPS) is 22.7. The van der Waals surface area contributed by atoms with Gasteiger partial charge in [0.05, 0.1) is 32.0 Å². The molecule has 0 saturated carbocycles. The van der Waals surface area contributed by atoms with E-state index in [1.165, 1.54) is 302 Å². The predicted molar refractivity (Wildman–Crippen MR) is 383 cm³/mol. The number of ether oxygens (including phenoxy) is 4. The monoisotopic (exact) mass is 1320 g/mol. The molecule has 12 unspecified atom stereocenters. The van der Waals surface area contributed by atoms with Crippen LogP contribution in [-0.2, 0) is 23.7 Å². The van der Waals surface area contributed by atoms with Crippen LogP contribution in [0.5, 0.6) is 0 Å². The maximum atomic E-state index is 13.3. The average Bonchev–Trinajstić information content (AvgIpc) is 0.958. The first-order chi connectivity index (χ1) is 45.6. The van der Waals surface area contributed by atoms with Crippen molar-refractivity contribution in [2.24, 2.45) is 0 Å². The molecular weight excluding hydrogens is 1170 g/mol. The van der Waals surface area contributed by atoms with Gasteiger partial charge < -0.3 is 65.1 Å². The molecule has 2 aliphatic rings. The van der Waals surface area contributed by atoms with Gasteiger partial charge in [-0.1, -0.05) is 339 Å². The van der Waals surface area contributed by atoms with Crippen molar-refractivity contribution in [2.75, 3.05) is 19.8 Å². The van der Waals surface area contributed by atoms with Gasteiger partial charge in [-0.15, -0.1) is 0 Å². The zero-order chi connectivity index (χ0) is 67.3. The summed E-state index contributed by atoms with van der Waals surface area (Å²) in [6, 6.07) is -0.930. The highest BCUT2D eigenvalue weighted by Crippen LogP contribution is 2.30. The number of aliphatic hydroxyl groups is 8. The molecule has 1 amide bonds. The highest BCUT2D eigenvalue weighted by atomic mass is 16.7. The Kier molecular flexibility index (Phi) is 59.7. The summed E-state index contributed by atoms with van der Waals surface area (Å²) < 4.78 is 22.9. The van der Waals surface area contributed by atoms with E-state index in [1.807, 2.05) is 6.08 Å². The van der Waals surface area contributed by atoms with Crippen molar-refractivity contribution in [3.05, 3.63) is 36.5 Å². The zero-order valence-electron chi connectivity index (χ0n) is 60.0. The molecule has 0 spiro atoms. The van der Waals surface area contributed by atoms with Crippen molar-refractivity contribution in [3.8, 4) is 0 Å². The van der Waals surface area contributed by atoms with Gasteiger partial charge in [0.15, 0.2) is 12.6 Å². The summed E-state index contributed by atoms with van der Waals surface area (Å²) in [5.41, 5.74) is 0. The van der Waals surface area contributed by atoms with Crippen LogP contribution in [0.3, 0.4) is 0 Å². The molecule has 0 aromatic heterocycles. The molecule has 93 heavy (non-hydrogen) atoms. The Morgan fingerprint density at radius 3 is 1.05 bits per heavy atom.